The first-order valence-corrected chi connectivity index (χ1v) is 11.8. The number of pyridine rings is 1. The monoisotopic (exact) mass is 374 g/mol. The lowest BCUT2D eigenvalue weighted by Gasteiger charge is -2.17. The number of nitrogens with zero attached hydrogens (tertiary/aromatic N) is 1. The van der Waals surface area contributed by atoms with Gasteiger partial charge in [0.1, 0.15) is 5.82 Å². The Hall–Kier alpha value is -2.54. The molecule has 0 bridgehead atoms. The summed E-state index contributed by atoms with van der Waals surface area (Å²) in [6.07, 6.45) is 0.738. The number of hydrogen-bond donors (Lipinski definition) is 1. The summed E-state index contributed by atoms with van der Waals surface area (Å²) in [5.74, 6) is -0.833. The van der Waals surface area contributed by atoms with Crippen LogP contribution in [0.4, 0.5) is 4.39 Å². The number of hydrogen-bond acceptors (Lipinski definition) is 4. The van der Waals surface area contributed by atoms with Gasteiger partial charge in [-0.15, -0.1) is 0 Å². The average Bonchev–Trinajstić information content (AvgIpc) is 2.60. The molecule has 0 atom stereocenters. The van der Waals surface area contributed by atoms with E-state index in [1.165, 1.54) is 7.11 Å². The molecule has 0 fully saturated rings. The molecule has 1 heterocycles. The molecule has 5 nitrogen and oxygen atoms in total. The zero-order valence-corrected chi connectivity index (χ0v) is 16.4. The number of halogens is 1. The van der Waals surface area contributed by atoms with Gasteiger partial charge in [0, 0.05) is 6.42 Å². The summed E-state index contributed by atoms with van der Waals surface area (Å²) in [4.78, 5) is 26.9. The van der Waals surface area contributed by atoms with Gasteiger partial charge in [-0.2, -0.15) is 0 Å². The van der Waals surface area contributed by atoms with Crippen molar-refractivity contribution in [1.82, 2.24) is 10.3 Å². The van der Waals surface area contributed by atoms with E-state index >= 15 is 0 Å². The Labute approximate surface area is 153 Å². The summed E-state index contributed by atoms with van der Waals surface area (Å²) in [6, 6.07) is 8.50. The Balaban J connectivity index is 2.40. The lowest BCUT2D eigenvalue weighted by molar-refractivity contribution is -0.109. The van der Waals surface area contributed by atoms with Crippen LogP contribution in [0.5, 0.6) is 0 Å². The average molecular weight is 374 g/mol. The zero-order valence-electron chi connectivity index (χ0n) is 15.4. The molecule has 26 heavy (non-hydrogen) atoms. The van der Waals surface area contributed by atoms with Crippen LogP contribution in [0.2, 0.25) is 19.6 Å². The second-order valence-corrected chi connectivity index (χ2v) is 12.1. The predicted octanol–water partition coefficient (Wildman–Crippen LogP) is 2.39. The van der Waals surface area contributed by atoms with E-state index in [0.717, 1.165) is 5.19 Å². The molecular formula is C19H23FN2O3Si. The molecule has 0 aliphatic heterocycles. The largest absolute Gasteiger partial charge is 0.465 e. The highest BCUT2D eigenvalue weighted by Gasteiger charge is 2.20. The van der Waals surface area contributed by atoms with Gasteiger partial charge in [0.05, 0.1) is 38.7 Å². The molecule has 0 saturated heterocycles. The van der Waals surface area contributed by atoms with E-state index in [4.69, 9.17) is 4.74 Å². The maximum Gasteiger partial charge on any atom is 0.339 e. The molecule has 2 aromatic rings. The summed E-state index contributed by atoms with van der Waals surface area (Å²) in [5.41, 5.74) is 1.75. The first-order valence-electron chi connectivity index (χ1n) is 8.29. The van der Waals surface area contributed by atoms with Crippen molar-refractivity contribution in [2.24, 2.45) is 0 Å². The molecule has 0 spiro atoms. The van der Waals surface area contributed by atoms with Gasteiger partial charge < -0.3 is 10.1 Å². The molecule has 7 heteroatoms. The Morgan fingerprint density at radius 1 is 1.27 bits per heavy atom. The van der Waals surface area contributed by atoms with Gasteiger partial charge in [-0.3, -0.25) is 9.78 Å². The predicted molar refractivity (Wildman–Crippen MR) is 101 cm³/mol. The maximum absolute atomic E-state index is 14.6. The van der Waals surface area contributed by atoms with Crippen LogP contribution in [-0.4, -0.2) is 32.5 Å². The molecule has 1 aromatic carbocycles. The van der Waals surface area contributed by atoms with E-state index in [-0.39, 0.29) is 24.3 Å². The summed E-state index contributed by atoms with van der Waals surface area (Å²) in [5, 5.41) is 3.56. The minimum Gasteiger partial charge on any atom is -0.465 e. The van der Waals surface area contributed by atoms with Crippen LogP contribution in [0.15, 0.2) is 30.3 Å². The normalized spacial score (nSPS) is 11.1. The van der Waals surface area contributed by atoms with Gasteiger partial charge in [-0.05, 0) is 23.8 Å². The smallest absolute Gasteiger partial charge is 0.339 e. The van der Waals surface area contributed by atoms with Crippen LogP contribution in [-0.2, 0) is 22.5 Å². The Bertz CT molecular complexity index is 819. The fraction of sp³-hybridized carbons (Fsp3) is 0.316. The second kappa shape index (κ2) is 8.22. The van der Waals surface area contributed by atoms with Crippen LogP contribution in [0, 0.1) is 5.82 Å². The van der Waals surface area contributed by atoms with Crippen molar-refractivity contribution in [1.29, 1.82) is 0 Å². The third kappa shape index (κ3) is 4.75. The maximum atomic E-state index is 14.6. The van der Waals surface area contributed by atoms with Crippen molar-refractivity contribution in [3.05, 3.63) is 58.7 Å². The van der Waals surface area contributed by atoms with Gasteiger partial charge in [-0.1, -0.05) is 37.0 Å². The molecule has 2 rings (SSSR count). The minimum absolute atomic E-state index is 0.164. The number of carbonyl (C=O) groups excluding carboxylic acids is 2. The lowest BCUT2D eigenvalue weighted by Crippen LogP contribution is -2.37. The van der Waals surface area contributed by atoms with Crippen LogP contribution in [0.3, 0.4) is 0 Å². The van der Waals surface area contributed by atoms with Crippen molar-refractivity contribution in [2.45, 2.75) is 32.6 Å². The Kier molecular flexibility index (Phi) is 6.26. The molecule has 138 valence electrons. The first kappa shape index (κ1) is 19.8. The fourth-order valence-corrected chi connectivity index (χ4v) is 3.70. The van der Waals surface area contributed by atoms with Crippen molar-refractivity contribution >= 4 is 25.6 Å². The van der Waals surface area contributed by atoms with Gasteiger partial charge >= 0.3 is 5.97 Å². The van der Waals surface area contributed by atoms with Gasteiger partial charge in [0.25, 0.3) is 0 Å². The van der Waals surface area contributed by atoms with E-state index < -0.39 is 14.0 Å². The van der Waals surface area contributed by atoms with Crippen LogP contribution >= 0.6 is 0 Å². The highest BCUT2D eigenvalue weighted by molar-refractivity contribution is 6.88. The third-order valence-electron chi connectivity index (χ3n) is 4.08. The third-order valence-corrected chi connectivity index (χ3v) is 6.12. The second-order valence-electron chi connectivity index (χ2n) is 7.02. The molecule has 1 N–H and O–H groups in total. The summed E-state index contributed by atoms with van der Waals surface area (Å²) in [6.45, 7) is 6.70. The van der Waals surface area contributed by atoms with E-state index in [1.807, 2.05) is 6.07 Å². The molecule has 1 aromatic heterocycles. The van der Waals surface area contributed by atoms with Crippen molar-refractivity contribution in [2.75, 3.05) is 7.11 Å². The number of benzene rings is 1. The Morgan fingerprint density at radius 3 is 2.58 bits per heavy atom. The summed E-state index contributed by atoms with van der Waals surface area (Å²) < 4.78 is 19.4. The number of amides is 1. The van der Waals surface area contributed by atoms with E-state index in [9.17, 15) is 14.0 Å². The van der Waals surface area contributed by atoms with Gasteiger partial charge in [0.2, 0.25) is 6.41 Å². The topological polar surface area (TPSA) is 68.3 Å². The van der Waals surface area contributed by atoms with Gasteiger partial charge in [0.15, 0.2) is 0 Å². The molecular weight excluding hydrogens is 351 g/mol. The number of aromatic nitrogens is 1. The number of nitrogens with one attached hydrogen (secondary N) is 1. The molecule has 0 unspecified atom stereocenters. The molecule has 1 amide bonds. The van der Waals surface area contributed by atoms with Crippen molar-refractivity contribution in [3.8, 4) is 0 Å². The lowest BCUT2D eigenvalue weighted by atomic mass is 10.0. The quantitative estimate of drug-likeness (QED) is 0.459. The van der Waals surface area contributed by atoms with Crippen LogP contribution < -0.4 is 10.5 Å². The number of carbonyl (C=O) groups is 2. The Morgan fingerprint density at radius 2 is 2.00 bits per heavy atom. The standard InChI is InChI=1S/C19H23FN2O3Si/c1-25-19(24)16-8-6-14(11-21-12-23)22-18(16)9-13-5-7-15(10-17(13)20)26(2,3)4/h5-8,10,12H,9,11H2,1-4H3,(H,21,23). The van der Waals surface area contributed by atoms with Crippen LogP contribution in [0.25, 0.3) is 0 Å². The van der Waals surface area contributed by atoms with E-state index in [1.54, 1.807) is 24.3 Å². The van der Waals surface area contributed by atoms with E-state index in [2.05, 4.69) is 29.9 Å². The van der Waals surface area contributed by atoms with Crippen molar-refractivity contribution < 1.29 is 18.7 Å². The number of methoxy groups -OCH3 is 1. The number of esters is 1. The minimum atomic E-state index is -1.61. The first-order chi connectivity index (χ1) is 12.3. The summed E-state index contributed by atoms with van der Waals surface area (Å²) >= 11 is 0. The number of ether oxygens (including phenoxy) is 1. The highest BCUT2D eigenvalue weighted by atomic mass is 28.3. The molecule has 0 radical (unpaired) electrons. The van der Waals surface area contributed by atoms with E-state index in [0.29, 0.717) is 23.4 Å². The molecule has 0 aliphatic rings. The van der Waals surface area contributed by atoms with Crippen LogP contribution in [0.1, 0.15) is 27.3 Å². The molecule has 0 saturated carbocycles. The van der Waals surface area contributed by atoms with Crippen molar-refractivity contribution in [3.63, 3.8) is 0 Å². The fourth-order valence-electron chi connectivity index (χ4n) is 2.56. The number of rotatable bonds is 7. The SMILES string of the molecule is COC(=O)c1ccc(CNC=O)nc1Cc1ccc([Si](C)(C)C)cc1F. The molecule has 0 aliphatic carbocycles. The zero-order chi connectivity index (χ0) is 19.3. The summed E-state index contributed by atoms with van der Waals surface area (Å²) in [7, 11) is -0.320. The highest BCUT2D eigenvalue weighted by Crippen LogP contribution is 2.17. The van der Waals surface area contributed by atoms with Gasteiger partial charge in [-0.25, -0.2) is 9.18 Å².